The lowest BCUT2D eigenvalue weighted by Crippen LogP contribution is -2.10. The van der Waals surface area contributed by atoms with Crippen LogP contribution in [0.5, 0.6) is 0 Å². The summed E-state index contributed by atoms with van der Waals surface area (Å²) in [6.07, 6.45) is 0.271. The van der Waals surface area contributed by atoms with E-state index in [-0.39, 0.29) is 17.9 Å². The van der Waals surface area contributed by atoms with Gasteiger partial charge in [-0.25, -0.2) is 8.42 Å². The van der Waals surface area contributed by atoms with Crippen LogP contribution < -0.4 is 0 Å². The van der Waals surface area contributed by atoms with Gasteiger partial charge in [-0.15, -0.1) is 5.10 Å². The van der Waals surface area contributed by atoms with Crippen LogP contribution in [0.3, 0.4) is 0 Å². The topological polar surface area (TPSA) is 83.7 Å². The molecule has 0 amide bonds. The Morgan fingerprint density at radius 2 is 1.77 bits per heavy atom. The average Bonchev–Trinajstić information content (AvgIpc) is 2.53. The second-order valence-electron chi connectivity index (χ2n) is 5.31. The number of hydrogen-bond donors (Lipinski definition) is 0. The number of aryl methyl sites for hydroxylation is 1. The predicted molar refractivity (Wildman–Crippen MR) is 83.0 cm³/mol. The minimum absolute atomic E-state index is 0.0331. The van der Waals surface area contributed by atoms with E-state index in [4.69, 9.17) is 5.26 Å². The Balaban J connectivity index is 2.08. The summed E-state index contributed by atoms with van der Waals surface area (Å²) in [5, 5.41) is 16.2. The van der Waals surface area contributed by atoms with Crippen molar-refractivity contribution >= 4 is 9.84 Å². The van der Waals surface area contributed by atoms with E-state index in [0.29, 0.717) is 16.5 Å². The smallest absolute Gasteiger partial charge is 0.178 e. The quantitative estimate of drug-likeness (QED) is 0.846. The third kappa shape index (κ3) is 3.89. The molecule has 0 unspecified atom stereocenters. The molecule has 0 bridgehead atoms. The van der Waals surface area contributed by atoms with Crippen molar-refractivity contribution in [1.82, 2.24) is 10.2 Å². The molecule has 0 N–H and O–H groups in total. The molecule has 0 fully saturated rings. The first-order valence-corrected chi connectivity index (χ1v) is 8.63. The van der Waals surface area contributed by atoms with E-state index in [9.17, 15) is 8.42 Å². The van der Waals surface area contributed by atoms with Crippen LogP contribution in [0.2, 0.25) is 0 Å². The zero-order valence-electron chi connectivity index (χ0n) is 12.5. The zero-order chi connectivity index (χ0) is 16.2. The SMILES string of the molecule is CC(C)c1ccc(S(=O)(=O)CCc2ccc(C#N)nn2)cc1. The number of hydrogen-bond acceptors (Lipinski definition) is 5. The van der Waals surface area contributed by atoms with E-state index in [1.54, 1.807) is 18.2 Å². The average molecular weight is 315 g/mol. The van der Waals surface area contributed by atoms with Crippen LogP contribution in [0, 0.1) is 11.3 Å². The Morgan fingerprint density at radius 3 is 2.27 bits per heavy atom. The summed E-state index contributed by atoms with van der Waals surface area (Å²) in [6, 6.07) is 12.0. The maximum Gasteiger partial charge on any atom is 0.178 e. The van der Waals surface area contributed by atoms with Crippen LogP contribution in [0.25, 0.3) is 0 Å². The molecule has 0 saturated heterocycles. The largest absolute Gasteiger partial charge is 0.224 e. The fourth-order valence-electron chi connectivity index (χ4n) is 1.97. The van der Waals surface area contributed by atoms with Gasteiger partial charge in [-0.3, -0.25) is 0 Å². The van der Waals surface area contributed by atoms with E-state index in [1.807, 2.05) is 18.2 Å². The summed E-state index contributed by atoms with van der Waals surface area (Å²) in [4.78, 5) is 0.318. The lowest BCUT2D eigenvalue weighted by atomic mass is 10.0. The van der Waals surface area contributed by atoms with E-state index in [0.717, 1.165) is 5.56 Å². The summed E-state index contributed by atoms with van der Waals surface area (Å²) < 4.78 is 24.6. The minimum Gasteiger partial charge on any atom is -0.224 e. The molecule has 1 heterocycles. The van der Waals surface area contributed by atoms with Crippen molar-refractivity contribution in [3.63, 3.8) is 0 Å². The van der Waals surface area contributed by atoms with Gasteiger partial charge in [0.05, 0.1) is 16.3 Å². The van der Waals surface area contributed by atoms with Gasteiger partial charge in [-0.1, -0.05) is 26.0 Å². The van der Waals surface area contributed by atoms with Gasteiger partial charge in [0.1, 0.15) is 6.07 Å². The molecule has 114 valence electrons. The van der Waals surface area contributed by atoms with Gasteiger partial charge >= 0.3 is 0 Å². The summed E-state index contributed by atoms with van der Waals surface area (Å²) in [6.45, 7) is 4.13. The van der Waals surface area contributed by atoms with E-state index < -0.39 is 9.84 Å². The number of aromatic nitrogens is 2. The van der Waals surface area contributed by atoms with Crippen LogP contribution in [0.15, 0.2) is 41.3 Å². The Hall–Kier alpha value is -2.26. The third-order valence-electron chi connectivity index (χ3n) is 3.37. The molecule has 1 aromatic carbocycles. The molecular formula is C16H17N3O2S. The molecule has 0 aliphatic heterocycles. The molecule has 0 radical (unpaired) electrons. The Bertz CT molecular complexity index is 774. The lowest BCUT2D eigenvalue weighted by molar-refractivity contribution is 0.594. The predicted octanol–water partition coefficient (Wildman–Crippen LogP) is 2.49. The van der Waals surface area contributed by atoms with Crippen LogP contribution in [0.4, 0.5) is 0 Å². The Labute approximate surface area is 130 Å². The fraction of sp³-hybridized carbons (Fsp3) is 0.312. The third-order valence-corrected chi connectivity index (χ3v) is 5.10. The number of nitrogens with zero attached hydrogens (tertiary/aromatic N) is 3. The van der Waals surface area contributed by atoms with Gasteiger partial charge in [0.15, 0.2) is 15.5 Å². The molecule has 0 aliphatic rings. The highest BCUT2D eigenvalue weighted by atomic mass is 32.2. The van der Waals surface area contributed by atoms with Gasteiger partial charge in [-0.05, 0) is 35.7 Å². The normalized spacial score (nSPS) is 11.4. The summed E-state index contributed by atoms with van der Waals surface area (Å²) in [7, 11) is -3.35. The Morgan fingerprint density at radius 1 is 1.09 bits per heavy atom. The van der Waals surface area contributed by atoms with E-state index in [2.05, 4.69) is 24.0 Å². The highest BCUT2D eigenvalue weighted by Gasteiger charge is 2.15. The van der Waals surface area contributed by atoms with Crippen molar-refractivity contribution in [2.45, 2.75) is 31.1 Å². The molecule has 0 aliphatic carbocycles. The standard InChI is InChI=1S/C16H17N3O2S/c1-12(2)13-3-7-16(8-4-13)22(20,21)10-9-14-5-6-15(11-17)19-18-14/h3-8,12H,9-10H2,1-2H3. The minimum atomic E-state index is -3.35. The van der Waals surface area contributed by atoms with Gasteiger partial charge in [-0.2, -0.15) is 10.4 Å². The fourth-order valence-corrected chi connectivity index (χ4v) is 3.23. The van der Waals surface area contributed by atoms with Crippen molar-refractivity contribution in [3.8, 4) is 6.07 Å². The molecule has 0 spiro atoms. The first-order valence-electron chi connectivity index (χ1n) is 6.98. The van der Waals surface area contributed by atoms with Gasteiger partial charge in [0.2, 0.25) is 0 Å². The molecule has 2 aromatic rings. The molecule has 5 nitrogen and oxygen atoms in total. The first kappa shape index (κ1) is 16.1. The van der Waals surface area contributed by atoms with Crippen LogP contribution in [0.1, 0.15) is 36.7 Å². The summed E-state index contributed by atoms with van der Waals surface area (Å²) in [5.41, 5.74) is 1.88. The number of rotatable bonds is 5. The monoisotopic (exact) mass is 315 g/mol. The van der Waals surface area contributed by atoms with Crippen molar-refractivity contribution in [1.29, 1.82) is 5.26 Å². The van der Waals surface area contributed by atoms with Crippen LogP contribution in [-0.4, -0.2) is 24.4 Å². The van der Waals surface area contributed by atoms with Crippen molar-refractivity contribution in [3.05, 3.63) is 53.3 Å². The van der Waals surface area contributed by atoms with Crippen molar-refractivity contribution < 1.29 is 8.42 Å². The molecule has 1 aromatic heterocycles. The second kappa shape index (κ2) is 6.67. The van der Waals surface area contributed by atoms with Crippen LogP contribution in [-0.2, 0) is 16.3 Å². The maximum absolute atomic E-state index is 12.3. The molecular weight excluding hydrogens is 298 g/mol. The highest BCUT2D eigenvalue weighted by Crippen LogP contribution is 2.18. The first-order chi connectivity index (χ1) is 10.4. The molecule has 22 heavy (non-hydrogen) atoms. The highest BCUT2D eigenvalue weighted by molar-refractivity contribution is 7.91. The Kier molecular flexibility index (Phi) is 4.88. The van der Waals surface area contributed by atoms with Gasteiger partial charge in [0, 0.05) is 6.42 Å². The lowest BCUT2D eigenvalue weighted by Gasteiger charge is -2.08. The van der Waals surface area contributed by atoms with E-state index >= 15 is 0 Å². The van der Waals surface area contributed by atoms with Gasteiger partial charge in [0.25, 0.3) is 0 Å². The second-order valence-corrected chi connectivity index (χ2v) is 7.42. The number of nitriles is 1. The molecule has 0 atom stereocenters. The van der Waals surface area contributed by atoms with E-state index in [1.165, 1.54) is 6.07 Å². The number of benzene rings is 1. The van der Waals surface area contributed by atoms with Gasteiger partial charge < -0.3 is 0 Å². The summed E-state index contributed by atoms with van der Waals surface area (Å²) >= 11 is 0. The van der Waals surface area contributed by atoms with Crippen molar-refractivity contribution in [2.75, 3.05) is 5.75 Å². The maximum atomic E-state index is 12.3. The summed E-state index contributed by atoms with van der Waals surface area (Å²) in [5.74, 6) is 0.333. The van der Waals surface area contributed by atoms with Crippen LogP contribution >= 0.6 is 0 Å². The number of sulfone groups is 1. The molecule has 0 saturated carbocycles. The molecule has 6 heteroatoms. The van der Waals surface area contributed by atoms with Crippen molar-refractivity contribution in [2.24, 2.45) is 0 Å². The molecule has 2 rings (SSSR count). The zero-order valence-corrected chi connectivity index (χ0v) is 13.3.